The van der Waals surface area contributed by atoms with Crippen LogP contribution in [0.5, 0.6) is 0 Å². The lowest BCUT2D eigenvalue weighted by atomic mass is 10.0. The molecule has 2 fully saturated rings. The Morgan fingerprint density at radius 3 is 2.28 bits per heavy atom. The Bertz CT molecular complexity index is 591. The summed E-state index contributed by atoms with van der Waals surface area (Å²) in [6, 6.07) is 4.84. The molecular formula is C18H23F3N2O2. The molecule has 1 aliphatic heterocycles. The third kappa shape index (κ3) is 4.95. The Labute approximate surface area is 145 Å². The van der Waals surface area contributed by atoms with E-state index in [1.54, 1.807) is 0 Å². The van der Waals surface area contributed by atoms with Crippen molar-refractivity contribution in [1.82, 2.24) is 10.2 Å². The monoisotopic (exact) mass is 356 g/mol. The topological polar surface area (TPSA) is 52.6 Å². The molecule has 1 heterocycles. The number of amides is 1. The van der Waals surface area contributed by atoms with E-state index in [0.29, 0.717) is 12.1 Å². The van der Waals surface area contributed by atoms with E-state index in [2.05, 4.69) is 10.2 Å². The second-order valence-corrected chi connectivity index (χ2v) is 6.99. The lowest BCUT2D eigenvalue weighted by Gasteiger charge is -2.33. The van der Waals surface area contributed by atoms with E-state index >= 15 is 0 Å². The van der Waals surface area contributed by atoms with E-state index in [9.17, 15) is 23.1 Å². The van der Waals surface area contributed by atoms with Gasteiger partial charge in [-0.25, -0.2) is 0 Å². The predicted molar refractivity (Wildman–Crippen MR) is 86.7 cm³/mol. The van der Waals surface area contributed by atoms with Crippen molar-refractivity contribution in [2.75, 3.05) is 19.6 Å². The molecule has 0 bridgehead atoms. The van der Waals surface area contributed by atoms with Crippen molar-refractivity contribution in [2.45, 2.75) is 44.0 Å². The lowest BCUT2D eigenvalue weighted by molar-refractivity contribution is -0.137. The summed E-state index contributed by atoms with van der Waals surface area (Å²) in [5.41, 5.74) is -0.229. The fourth-order valence-corrected chi connectivity index (χ4v) is 3.17. The minimum Gasteiger partial charge on any atom is -0.387 e. The highest BCUT2D eigenvalue weighted by atomic mass is 19.4. The third-order valence-corrected chi connectivity index (χ3v) is 4.94. The van der Waals surface area contributed by atoms with E-state index in [1.165, 1.54) is 12.1 Å². The maximum absolute atomic E-state index is 12.6. The number of nitrogens with zero attached hydrogens (tertiary/aromatic N) is 1. The molecule has 0 aromatic heterocycles. The molecule has 1 aromatic rings. The minimum absolute atomic E-state index is 0.156. The average molecular weight is 356 g/mol. The number of hydrogen-bond acceptors (Lipinski definition) is 3. The molecule has 1 atom stereocenters. The summed E-state index contributed by atoms with van der Waals surface area (Å²) in [6.45, 7) is 1.90. The number of carbonyl (C=O) groups is 1. The first-order chi connectivity index (χ1) is 11.8. The molecule has 1 saturated carbocycles. The second-order valence-electron chi connectivity index (χ2n) is 6.99. The molecule has 4 nitrogen and oxygen atoms in total. The molecule has 1 unspecified atom stereocenters. The van der Waals surface area contributed by atoms with Gasteiger partial charge in [-0.1, -0.05) is 12.1 Å². The van der Waals surface area contributed by atoms with Crippen LogP contribution in [-0.2, 0) is 11.0 Å². The van der Waals surface area contributed by atoms with E-state index in [-0.39, 0.29) is 17.9 Å². The highest BCUT2D eigenvalue weighted by Gasteiger charge is 2.32. The van der Waals surface area contributed by atoms with Gasteiger partial charge in [-0.15, -0.1) is 0 Å². The molecule has 25 heavy (non-hydrogen) atoms. The summed E-state index contributed by atoms with van der Waals surface area (Å²) < 4.78 is 37.7. The Balaban J connectivity index is 1.45. The number of piperidine rings is 1. The second kappa shape index (κ2) is 7.33. The SMILES string of the molecule is O=C(NC1CCN(CC(O)c2ccc(C(F)(F)F)cc2)CC1)C1CC1. The van der Waals surface area contributed by atoms with E-state index < -0.39 is 17.8 Å². The maximum atomic E-state index is 12.6. The summed E-state index contributed by atoms with van der Waals surface area (Å²) in [5.74, 6) is 0.364. The molecule has 2 N–H and O–H groups in total. The fourth-order valence-electron chi connectivity index (χ4n) is 3.17. The number of carbonyl (C=O) groups excluding carboxylic acids is 1. The van der Waals surface area contributed by atoms with Gasteiger partial charge in [0, 0.05) is 31.6 Å². The molecule has 1 amide bonds. The van der Waals surface area contributed by atoms with Crippen LogP contribution in [0.15, 0.2) is 24.3 Å². The first kappa shape index (κ1) is 18.2. The zero-order valence-corrected chi connectivity index (χ0v) is 13.9. The Kier molecular flexibility index (Phi) is 5.34. The van der Waals surface area contributed by atoms with E-state index in [4.69, 9.17) is 0 Å². The number of β-amino-alcohol motifs (C(OH)–C–C–N with tert-alkyl or cyclic N) is 1. The highest BCUT2D eigenvalue weighted by Crippen LogP contribution is 2.31. The smallest absolute Gasteiger partial charge is 0.387 e. The van der Waals surface area contributed by atoms with Gasteiger partial charge in [0.25, 0.3) is 0 Å². The van der Waals surface area contributed by atoms with Crippen molar-refractivity contribution in [2.24, 2.45) is 5.92 Å². The molecule has 7 heteroatoms. The number of alkyl halides is 3. The van der Waals surface area contributed by atoms with Gasteiger partial charge in [0.05, 0.1) is 11.7 Å². The van der Waals surface area contributed by atoms with Crippen LogP contribution >= 0.6 is 0 Å². The maximum Gasteiger partial charge on any atom is 0.416 e. The van der Waals surface area contributed by atoms with Gasteiger partial charge in [-0.3, -0.25) is 4.79 Å². The summed E-state index contributed by atoms with van der Waals surface area (Å²) in [5, 5.41) is 13.3. The van der Waals surface area contributed by atoms with Gasteiger partial charge in [-0.2, -0.15) is 13.2 Å². The van der Waals surface area contributed by atoms with Crippen LogP contribution in [0.2, 0.25) is 0 Å². The molecule has 1 saturated heterocycles. The predicted octanol–water partition coefficient (Wildman–Crippen LogP) is 2.73. The van der Waals surface area contributed by atoms with Crippen molar-refractivity contribution in [3.8, 4) is 0 Å². The van der Waals surface area contributed by atoms with Crippen molar-refractivity contribution in [1.29, 1.82) is 0 Å². The van der Waals surface area contributed by atoms with Gasteiger partial charge in [0.1, 0.15) is 0 Å². The van der Waals surface area contributed by atoms with Crippen LogP contribution in [0.4, 0.5) is 13.2 Å². The quantitative estimate of drug-likeness (QED) is 0.853. The lowest BCUT2D eigenvalue weighted by Crippen LogP contribution is -2.46. The number of hydrogen-bond donors (Lipinski definition) is 2. The van der Waals surface area contributed by atoms with Gasteiger partial charge in [0.15, 0.2) is 0 Å². The first-order valence-electron chi connectivity index (χ1n) is 8.71. The normalized spacial score (nSPS) is 21.1. The summed E-state index contributed by atoms with van der Waals surface area (Å²) >= 11 is 0. The van der Waals surface area contributed by atoms with Crippen molar-refractivity contribution >= 4 is 5.91 Å². The minimum atomic E-state index is -4.36. The van der Waals surface area contributed by atoms with E-state index in [0.717, 1.165) is 50.9 Å². The van der Waals surface area contributed by atoms with Crippen LogP contribution in [0.3, 0.4) is 0 Å². The van der Waals surface area contributed by atoms with Crippen LogP contribution in [-0.4, -0.2) is 41.6 Å². The Morgan fingerprint density at radius 2 is 1.76 bits per heavy atom. The number of rotatable bonds is 5. The number of aliphatic hydroxyl groups is 1. The molecular weight excluding hydrogens is 333 g/mol. The molecule has 2 aliphatic rings. The van der Waals surface area contributed by atoms with Gasteiger partial charge in [0.2, 0.25) is 5.91 Å². The molecule has 1 aliphatic carbocycles. The Hall–Kier alpha value is -1.60. The third-order valence-electron chi connectivity index (χ3n) is 4.94. The van der Waals surface area contributed by atoms with Crippen LogP contribution in [0.25, 0.3) is 0 Å². The molecule has 138 valence electrons. The van der Waals surface area contributed by atoms with E-state index in [1.807, 2.05) is 0 Å². The zero-order valence-electron chi connectivity index (χ0n) is 13.9. The fraction of sp³-hybridized carbons (Fsp3) is 0.611. The highest BCUT2D eigenvalue weighted by molar-refractivity contribution is 5.81. The average Bonchev–Trinajstić information content (AvgIpc) is 3.41. The summed E-state index contributed by atoms with van der Waals surface area (Å²) in [4.78, 5) is 13.9. The number of benzene rings is 1. The summed E-state index contributed by atoms with van der Waals surface area (Å²) in [6.07, 6.45) is -1.54. The first-order valence-corrected chi connectivity index (χ1v) is 8.71. The standard InChI is InChI=1S/C18H23F3N2O2/c19-18(20,21)14-5-3-12(4-6-14)16(24)11-23-9-7-15(8-10-23)22-17(25)13-1-2-13/h3-6,13,15-16,24H,1-2,7-11H2,(H,22,25). The van der Waals surface area contributed by atoms with Gasteiger partial charge < -0.3 is 15.3 Å². The number of aliphatic hydroxyl groups excluding tert-OH is 1. The van der Waals surface area contributed by atoms with Crippen LogP contribution in [0.1, 0.15) is 42.9 Å². The number of halogens is 3. The molecule has 3 rings (SSSR count). The number of likely N-dealkylation sites (tertiary alicyclic amines) is 1. The molecule has 0 radical (unpaired) electrons. The zero-order chi connectivity index (χ0) is 18.0. The van der Waals surface area contributed by atoms with Crippen LogP contribution in [0, 0.1) is 5.92 Å². The largest absolute Gasteiger partial charge is 0.416 e. The molecule has 1 aromatic carbocycles. The van der Waals surface area contributed by atoms with Crippen molar-refractivity contribution < 1.29 is 23.1 Å². The Morgan fingerprint density at radius 1 is 1.16 bits per heavy atom. The van der Waals surface area contributed by atoms with Gasteiger partial charge >= 0.3 is 6.18 Å². The molecule has 0 spiro atoms. The summed E-state index contributed by atoms with van der Waals surface area (Å²) in [7, 11) is 0. The van der Waals surface area contributed by atoms with Crippen molar-refractivity contribution in [3.63, 3.8) is 0 Å². The van der Waals surface area contributed by atoms with Gasteiger partial charge in [-0.05, 0) is 43.4 Å². The number of nitrogens with one attached hydrogen (secondary N) is 1. The van der Waals surface area contributed by atoms with Crippen molar-refractivity contribution in [3.05, 3.63) is 35.4 Å². The van der Waals surface area contributed by atoms with Crippen LogP contribution < -0.4 is 5.32 Å².